The third kappa shape index (κ3) is 2.79. The van der Waals surface area contributed by atoms with Gasteiger partial charge in [0.1, 0.15) is 5.82 Å². The van der Waals surface area contributed by atoms with E-state index < -0.39 is 0 Å². The summed E-state index contributed by atoms with van der Waals surface area (Å²) < 4.78 is 16.3. The Hall–Kier alpha value is -1.20. The number of benzene rings is 1. The number of rotatable bonds is 4. The molecule has 96 valence electrons. The van der Waals surface area contributed by atoms with Crippen LogP contribution in [0.25, 0.3) is 0 Å². The van der Waals surface area contributed by atoms with Crippen LogP contribution in [-0.4, -0.2) is 16.8 Å². The van der Waals surface area contributed by atoms with Crippen LogP contribution in [0.5, 0.6) is 0 Å². The summed E-state index contributed by atoms with van der Waals surface area (Å²) in [4.78, 5) is 0. The van der Waals surface area contributed by atoms with Crippen LogP contribution >= 0.6 is 15.9 Å². The van der Waals surface area contributed by atoms with Gasteiger partial charge in [0, 0.05) is 31.3 Å². The van der Waals surface area contributed by atoms with Crippen LogP contribution in [-0.2, 0) is 13.5 Å². The maximum Gasteiger partial charge on any atom is 0.142 e. The van der Waals surface area contributed by atoms with E-state index in [-0.39, 0.29) is 11.9 Å². The molecule has 0 saturated carbocycles. The average molecular weight is 312 g/mol. The Balaban J connectivity index is 2.25. The molecular formula is C13H15BrFN3. The maximum atomic E-state index is 14.0. The molecule has 0 bridgehead atoms. The predicted molar refractivity (Wildman–Crippen MR) is 72.8 cm³/mol. The van der Waals surface area contributed by atoms with Crippen molar-refractivity contribution in [3.05, 3.63) is 52.0 Å². The molecule has 18 heavy (non-hydrogen) atoms. The van der Waals surface area contributed by atoms with E-state index in [1.54, 1.807) is 16.8 Å². The molecule has 0 radical (unpaired) electrons. The number of likely N-dealkylation sites (N-methyl/N-ethyl adjacent to an activating group) is 1. The van der Waals surface area contributed by atoms with Crippen LogP contribution in [0.3, 0.4) is 0 Å². The topological polar surface area (TPSA) is 29.9 Å². The highest BCUT2D eigenvalue weighted by Crippen LogP contribution is 2.25. The van der Waals surface area contributed by atoms with Gasteiger partial charge < -0.3 is 5.32 Å². The summed E-state index contributed by atoms with van der Waals surface area (Å²) in [5.74, 6) is -0.215. The summed E-state index contributed by atoms with van der Waals surface area (Å²) in [5.41, 5.74) is 1.59. The van der Waals surface area contributed by atoms with Crippen molar-refractivity contribution in [1.29, 1.82) is 0 Å². The summed E-state index contributed by atoms with van der Waals surface area (Å²) in [6, 6.07) is 7.19. The standard InChI is InChI=1S/C13H15BrFN3/c1-16-12(8-9-6-7-18(2)17-9)10-4-3-5-11(14)13(10)15/h3-7,12,16H,8H2,1-2H3. The quantitative estimate of drug-likeness (QED) is 0.941. The molecule has 0 spiro atoms. The zero-order chi connectivity index (χ0) is 13.1. The second-order valence-corrected chi connectivity index (χ2v) is 5.02. The summed E-state index contributed by atoms with van der Waals surface area (Å²) in [5, 5.41) is 7.45. The summed E-state index contributed by atoms with van der Waals surface area (Å²) >= 11 is 3.21. The van der Waals surface area contributed by atoms with Crippen molar-refractivity contribution in [2.45, 2.75) is 12.5 Å². The van der Waals surface area contributed by atoms with Crippen LogP contribution in [0.1, 0.15) is 17.3 Å². The fraction of sp³-hybridized carbons (Fsp3) is 0.308. The van der Waals surface area contributed by atoms with Gasteiger partial charge >= 0.3 is 0 Å². The van der Waals surface area contributed by atoms with Crippen molar-refractivity contribution in [2.75, 3.05) is 7.05 Å². The predicted octanol–water partition coefficient (Wildman–Crippen LogP) is 2.82. The number of aryl methyl sites for hydroxylation is 1. The number of aromatic nitrogens is 2. The van der Waals surface area contributed by atoms with Crippen molar-refractivity contribution < 1.29 is 4.39 Å². The van der Waals surface area contributed by atoms with Gasteiger partial charge in [0.2, 0.25) is 0 Å². The van der Waals surface area contributed by atoms with Crippen LogP contribution in [0.4, 0.5) is 4.39 Å². The normalized spacial score (nSPS) is 12.7. The Morgan fingerprint density at radius 3 is 2.83 bits per heavy atom. The van der Waals surface area contributed by atoms with E-state index in [2.05, 4.69) is 26.3 Å². The lowest BCUT2D eigenvalue weighted by atomic mass is 10.0. The van der Waals surface area contributed by atoms with E-state index in [0.29, 0.717) is 16.5 Å². The Bertz CT molecular complexity index is 539. The number of hydrogen-bond donors (Lipinski definition) is 1. The zero-order valence-corrected chi connectivity index (χ0v) is 11.9. The molecule has 0 amide bonds. The summed E-state index contributed by atoms with van der Waals surface area (Å²) in [6.45, 7) is 0. The molecule has 1 aromatic carbocycles. The molecule has 1 heterocycles. The van der Waals surface area contributed by atoms with Gasteiger partial charge in [0.25, 0.3) is 0 Å². The van der Waals surface area contributed by atoms with Gasteiger partial charge in [-0.1, -0.05) is 12.1 Å². The van der Waals surface area contributed by atoms with Crippen molar-refractivity contribution >= 4 is 15.9 Å². The molecule has 0 aliphatic heterocycles. The fourth-order valence-electron chi connectivity index (χ4n) is 1.94. The highest BCUT2D eigenvalue weighted by atomic mass is 79.9. The van der Waals surface area contributed by atoms with Gasteiger partial charge in [-0.15, -0.1) is 0 Å². The molecule has 2 aromatic rings. The van der Waals surface area contributed by atoms with Crippen molar-refractivity contribution in [3.8, 4) is 0 Å². The van der Waals surface area contributed by atoms with Gasteiger partial charge in [-0.05, 0) is 35.1 Å². The SMILES string of the molecule is CNC(Cc1ccn(C)n1)c1cccc(Br)c1F. The van der Waals surface area contributed by atoms with E-state index in [0.717, 1.165) is 5.69 Å². The number of halogens is 2. The number of nitrogens with one attached hydrogen (secondary N) is 1. The largest absolute Gasteiger partial charge is 0.313 e. The second kappa shape index (κ2) is 5.63. The third-order valence-electron chi connectivity index (χ3n) is 2.89. The van der Waals surface area contributed by atoms with Crippen molar-refractivity contribution in [3.63, 3.8) is 0 Å². The minimum absolute atomic E-state index is 0.0857. The van der Waals surface area contributed by atoms with E-state index in [1.165, 1.54) is 0 Å². The monoisotopic (exact) mass is 311 g/mol. The number of nitrogens with zero attached hydrogens (tertiary/aromatic N) is 2. The minimum atomic E-state index is -0.215. The van der Waals surface area contributed by atoms with Gasteiger partial charge in [0.05, 0.1) is 10.2 Å². The van der Waals surface area contributed by atoms with Crippen LogP contribution in [0.2, 0.25) is 0 Å². The molecule has 1 N–H and O–H groups in total. The maximum absolute atomic E-state index is 14.0. The first-order chi connectivity index (χ1) is 8.61. The third-order valence-corrected chi connectivity index (χ3v) is 3.50. The van der Waals surface area contributed by atoms with E-state index in [9.17, 15) is 4.39 Å². The zero-order valence-electron chi connectivity index (χ0n) is 10.3. The van der Waals surface area contributed by atoms with Crippen LogP contribution in [0, 0.1) is 5.82 Å². The average Bonchev–Trinajstić information content (AvgIpc) is 2.76. The van der Waals surface area contributed by atoms with Crippen molar-refractivity contribution in [1.82, 2.24) is 15.1 Å². The van der Waals surface area contributed by atoms with Crippen molar-refractivity contribution in [2.24, 2.45) is 7.05 Å². The molecule has 3 nitrogen and oxygen atoms in total. The van der Waals surface area contributed by atoms with Gasteiger partial charge in [-0.25, -0.2) is 4.39 Å². The van der Waals surface area contributed by atoms with Gasteiger partial charge in [0.15, 0.2) is 0 Å². The molecule has 0 aliphatic rings. The Morgan fingerprint density at radius 2 is 2.22 bits per heavy atom. The summed E-state index contributed by atoms with van der Waals surface area (Å²) in [6.07, 6.45) is 2.55. The van der Waals surface area contributed by atoms with Crippen LogP contribution < -0.4 is 5.32 Å². The fourth-order valence-corrected chi connectivity index (χ4v) is 2.32. The first-order valence-corrected chi connectivity index (χ1v) is 6.51. The van der Waals surface area contributed by atoms with E-state index in [1.807, 2.05) is 32.4 Å². The Morgan fingerprint density at radius 1 is 1.44 bits per heavy atom. The van der Waals surface area contributed by atoms with Gasteiger partial charge in [-0.2, -0.15) is 5.10 Å². The molecule has 2 rings (SSSR count). The molecule has 1 atom stereocenters. The molecule has 0 aliphatic carbocycles. The Labute approximate surface area is 114 Å². The molecule has 1 aromatic heterocycles. The lowest BCUT2D eigenvalue weighted by Gasteiger charge is -2.16. The first kappa shape index (κ1) is 13.2. The highest BCUT2D eigenvalue weighted by molar-refractivity contribution is 9.10. The lowest BCUT2D eigenvalue weighted by molar-refractivity contribution is 0.524. The molecule has 0 saturated heterocycles. The summed E-state index contributed by atoms with van der Waals surface area (Å²) in [7, 11) is 3.70. The minimum Gasteiger partial charge on any atom is -0.313 e. The molecular weight excluding hydrogens is 297 g/mol. The van der Waals surface area contributed by atoms with E-state index in [4.69, 9.17) is 0 Å². The lowest BCUT2D eigenvalue weighted by Crippen LogP contribution is -2.20. The Kier molecular flexibility index (Phi) is 4.14. The van der Waals surface area contributed by atoms with E-state index >= 15 is 0 Å². The molecule has 1 unspecified atom stereocenters. The number of hydrogen-bond acceptors (Lipinski definition) is 2. The van der Waals surface area contributed by atoms with Crippen LogP contribution in [0.15, 0.2) is 34.9 Å². The smallest absolute Gasteiger partial charge is 0.142 e. The molecule has 5 heteroatoms. The first-order valence-electron chi connectivity index (χ1n) is 5.71. The molecule has 0 fully saturated rings. The second-order valence-electron chi connectivity index (χ2n) is 4.17. The van der Waals surface area contributed by atoms with Gasteiger partial charge in [-0.3, -0.25) is 4.68 Å². The highest BCUT2D eigenvalue weighted by Gasteiger charge is 2.17.